The predicted octanol–water partition coefficient (Wildman–Crippen LogP) is 1.14. The van der Waals surface area contributed by atoms with Crippen molar-refractivity contribution >= 4 is 11.6 Å². The third-order valence-electron chi connectivity index (χ3n) is 3.84. The molecule has 0 spiro atoms. The summed E-state index contributed by atoms with van der Waals surface area (Å²) < 4.78 is 1.46. The monoisotopic (exact) mass is 263 g/mol. The topological polar surface area (TPSA) is 68.3 Å². The first-order valence-electron chi connectivity index (χ1n) is 6.76. The molecule has 1 aliphatic rings. The van der Waals surface area contributed by atoms with Gasteiger partial charge in [0.2, 0.25) is 5.91 Å². The molecule has 1 aromatic heterocycles. The van der Waals surface area contributed by atoms with Gasteiger partial charge < -0.3 is 15.2 Å². The standard InChI is InChI=1S/C14H21N3O2/c1-10-5-3-4-8-16(10)13(18)9-17-11(2)6-7-12(15)14(17)19/h6-7,10H,3-5,8-9,15H2,1-2H3/t10-/m1/s1. The Morgan fingerprint density at radius 2 is 2.16 bits per heavy atom. The van der Waals surface area contributed by atoms with Crippen LogP contribution in [-0.2, 0) is 11.3 Å². The third-order valence-corrected chi connectivity index (χ3v) is 3.84. The molecular formula is C14H21N3O2. The Kier molecular flexibility index (Phi) is 3.93. The number of aryl methyl sites for hydroxylation is 1. The van der Waals surface area contributed by atoms with Crippen LogP contribution in [0.15, 0.2) is 16.9 Å². The Bertz CT molecular complexity index is 536. The SMILES string of the molecule is Cc1ccc(N)c(=O)n1CC(=O)N1CCCC[C@H]1C. The van der Waals surface area contributed by atoms with Gasteiger partial charge in [-0.1, -0.05) is 0 Å². The summed E-state index contributed by atoms with van der Waals surface area (Å²) in [5.74, 6) is 0.00278. The molecule has 1 atom stereocenters. The smallest absolute Gasteiger partial charge is 0.274 e. The van der Waals surface area contributed by atoms with Gasteiger partial charge in [-0.2, -0.15) is 0 Å². The van der Waals surface area contributed by atoms with E-state index in [9.17, 15) is 9.59 Å². The molecule has 1 fully saturated rings. The quantitative estimate of drug-likeness (QED) is 0.870. The number of anilines is 1. The fraction of sp³-hybridized carbons (Fsp3) is 0.571. The lowest BCUT2D eigenvalue weighted by atomic mass is 10.0. The zero-order valence-electron chi connectivity index (χ0n) is 11.6. The van der Waals surface area contributed by atoms with Crippen LogP contribution in [-0.4, -0.2) is 28.0 Å². The minimum Gasteiger partial charge on any atom is -0.394 e. The summed E-state index contributed by atoms with van der Waals surface area (Å²) in [6.07, 6.45) is 3.25. The summed E-state index contributed by atoms with van der Waals surface area (Å²) in [7, 11) is 0. The van der Waals surface area contributed by atoms with Gasteiger partial charge >= 0.3 is 0 Å². The summed E-state index contributed by atoms with van der Waals surface area (Å²) >= 11 is 0. The van der Waals surface area contributed by atoms with E-state index in [-0.39, 0.29) is 29.7 Å². The maximum absolute atomic E-state index is 12.3. The van der Waals surface area contributed by atoms with Gasteiger partial charge in [0.1, 0.15) is 6.54 Å². The Balaban J connectivity index is 2.19. The van der Waals surface area contributed by atoms with E-state index >= 15 is 0 Å². The van der Waals surface area contributed by atoms with Crippen LogP contribution in [0, 0.1) is 6.92 Å². The second kappa shape index (κ2) is 5.47. The Labute approximate surface area is 113 Å². The van der Waals surface area contributed by atoms with Crippen molar-refractivity contribution in [2.75, 3.05) is 12.3 Å². The lowest BCUT2D eigenvalue weighted by Crippen LogP contribution is -2.45. The summed E-state index contributed by atoms with van der Waals surface area (Å²) in [4.78, 5) is 26.1. The maximum atomic E-state index is 12.3. The maximum Gasteiger partial charge on any atom is 0.274 e. The molecular weight excluding hydrogens is 242 g/mol. The number of nitrogen functional groups attached to an aromatic ring is 1. The van der Waals surface area contributed by atoms with Gasteiger partial charge in [-0.15, -0.1) is 0 Å². The Morgan fingerprint density at radius 3 is 2.84 bits per heavy atom. The molecule has 1 saturated heterocycles. The zero-order chi connectivity index (χ0) is 14.0. The average molecular weight is 263 g/mol. The molecule has 19 heavy (non-hydrogen) atoms. The van der Waals surface area contributed by atoms with Crippen LogP contribution in [0.4, 0.5) is 5.69 Å². The first-order valence-corrected chi connectivity index (χ1v) is 6.76. The number of piperidine rings is 1. The van der Waals surface area contributed by atoms with Gasteiger partial charge in [-0.3, -0.25) is 9.59 Å². The fourth-order valence-electron chi connectivity index (χ4n) is 2.58. The van der Waals surface area contributed by atoms with E-state index in [1.165, 1.54) is 11.0 Å². The molecule has 0 radical (unpaired) electrons. The van der Waals surface area contributed by atoms with Gasteiger partial charge in [0.05, 0.1) is 5.69 Å². The van der Waals surface area contributed by atoms with Crippen molar-refractivity contribution in [3.63, 3.8) is 0 Å². The van der Waals surface area contributed by atoms with Gasteiger partial charge in [0.15, 0.2) is 0 Å². The molecule has 2 heterocycles. The van der Waals surface area contributed by atoms with E-state index in [1.54, 1.807) is 12.1 Å². The molecule has 0 aromatic carbocycles. The molecule has 1 aromatic rings. The highest BCUT2D eigenvalue weighted by Gasteiger charge is 2.23. The zero-order valence-corrected chi connectivity index (χ0v) is 11.6. The van der Waals surface area contributed by atoms with E-state index in [0.717, 1.165) is 25.1 Å². The highest BCUT2D eigenvalue weighted by molar-refractivity contribution is 5.76. The average Bonchev–Trinajstić information content (AvgIpc) is 2.39. The molecule has 0 bridgehead atoms. The van der Waals surface area contributed by atoms with Crippen LogP contribution >= 0.6 is 0 Å². The first-order chi connectivity index (χ1) is 9.00. The van der Waals surface area contributed by atoms with Crippen molar-refractivity contribution in [1.82, 2.24) is 9.47 Å². The van der Waals surface area contributed by atoms with Gasteiger partial charge in [-0.25, -0.2) is 0 Å². The number of nitrogens with zero attached hydrogens (tertiary/aromatic N) is 2. The largest absolute Gasteiger partial charge is 0.394 e. The summed E-state index contributed by atoms with van der Waals surface area (Å²) in [5.41, 5.74) is 6.28. The van der Waals surface area contributed by atoms with E-state index in [0.29, 0.717) is 0 Å². The van der Waals surface area contributed by atoms with Crippen LogP contribution in [0.25, 0.3) is 0 Å². The Hall–Kier alpha value is -1.78. The van der Waals surface area contributed by atoms with Crippen molar-refractivity contribution in [1.29, 1.82) is 0 Å². The van der Waals surface area contributed by atoms with Crippen molar-refractivity contribution in [3.8, 4) is 0 Å². The second-order valence-electron chi connectivity index (χ2n) is 5.25. The van der Waals surface area contributed by atoms with Crippen LogP contribution in [0.3, 0.4) is 0 Å². The Morgan fingerprint density at radius 1 is 1.42 bits per heavy atom. The van der Waals surface area contributed by atoms with Gasteiger partial charge in [0, 0.05) is 18.3 Å². The van der Waals surface area contributed by atoms with Crippen LogP contribution in [0.5, 0.6) is 0 Å². The molecule has 1 amide bonds. The highest BCUT2D eigenvalue weighted by atomic mass is 16.2. The highest BCUT2D eigenvalue weighted by Crippen LogP contribution is 2.16. The second-order valence-corrected chi connectivity index (χ2v) is 5.25. The summed E-state index contributed by atoms with van der Waals surface area (Å²) in [5, 5.41) is 0. The van der Waals surface area contributed by atoms with Crippen molar-refractivity contribution < 1.29 is 4.79 Å². The summed E-state index contributed by atoms with van der Waals surface area (Å²) in [6.45, 7) is 4.75. The minimum atomic E-state index is -0.280. The fourth-order valence-corrected chi connectivity index (χ4v) is 2.58. The molecule has 2 rings (SSSR count). The number of nitrogens with two attached hydrogens (primary N) is 1. The van der Waals surface area contributed by atoms with E-state index < -0.39 is 0 Å². The predicted molar refractivity (Wildman–Crippen MR) is 74.9 cm³/mol. The lowest BCUT2D eigenvalue weighted by Gasteiger charge is -2.33. The number of hydrogen-bond donors (Lipinski definition) is 1. The third kappa shape index (κ3) is 2.80. The molecule has 1 aliphatic heterocycles. The number of rotatable bonds is 2. The number of carbonyl (C=O) groups excluding carboxylic acids is 1. The van der Waals surface area contributed by atoms with Crippen LogP contribution < -0.4 is 11.3 Å². The van der Waals surface area contributed by atoms with Crippen molar-refractivity contribution in [2.45, 2.75) is 45.7 Å². The molecule has 5 heteroatoms. The summed E-state index contributed by atoms with van der Waals surface area (Å²) in [6, 6.07) is 3.62. The number of aromatic nitrogens is 1. The molecule has 2 N–H and O–H groups in total. The molecule has 0 saturated carbocycles. The molecule has 104 valence electrons. The van der Waals surface area contributed by atoms with E-state index in [4.69, 9.17) is 5.73 Å². The van der Waals surface area contributed by atoms with E-state index in [1.807, 2.05) is 11.8 Å². The molecule has 0 unspecified atom stereocenters. The van der Waals surface area contributed by atoms with Gasteiger partial charge in [-0.05, 0) is 45.2 Å². The normalized spacial score (nSPS) is 19.5. The van der Waals surface area contributed by atoms with Crippen molar-refractivity contribution in [2.24, 2.45) is 0 Å². The van der Waals surface area contributed by atoms with E-state index in [2.05, 4.69) is 6.92 Å². The minimum absolute atomic E-state index is 0.00278. The first kappa shape index (κ1) is 13.6. The molecule has 5 nitrogen and oxygen atoms in total. The number of likely N-dealkylation sites (tertiary alicyclic amines) is 1. The van der Waals surface area contributed by atoms with Gasteiger partial charge in [0.25, 0.3) is 5.56 Å². The molecule has 0 aliphatic carbocycles. The number of pyridine rings is 1. The number of hydrogen-bond acceptors (Lipinski definition) is 3. The lowest BCUT2D eigenvalue weighted by molar-refractivity contribution is -0.135. The van der Waals surface area contributed by atoms with Crippen molar-refractivity contribution in [3.05, 3.63) is 28.2 Å². The van der Waals surface area contributed by atoms with Crippen LogP contribution in [0.1, 0.15) is 31.9 Å². The number of carbonyl (C=O) groups is 1. The number of amides is 1. The van der Waals surface area contributed by atoms with Crippen LogP contribution in [0.2, 0.25) is 0 Å².